The molecule has 0 saturated carbocycles. The Balaban J connectivity index is 1.93. The second-order valence-electron chi connectivity index (χ2n) is 4.99. The number of carbonyl (C=O) groups is 1. The van der Waals surface area contributed by atoms with Crippen molar-refractivity contribution in [3.05, 3.63) is 101 Å². The Labute approximate surface area is 144 Å². The number of pyridine rings is 1. The van der Waals surface area contributed by atoms with Crippen molar-refractivity contribution in [2.45, 2.75) is 0 Å². The first-order chi connectivity index (χ1) is 11.8. The molecule has 2 aromatic carbocycles. The van der Waals surface area contributed by atoms with Crippen LogP contribution in [0.1, 0.15) is 21.5 Å². The largest absolute Gasteiger partial charge is 0.272 e. The van der Waals surface area contributed by atoms with Gasteiger partial charge in [-0.05, 0) is 24.3 Å². The Hall–Kier alpha value is -2.98. The summed E-state index contributed by atoms with van der Waals surface area (Å²) in [5.74, 6) is -0.363. The van der Waals surface area contributed by atoms with Gasteiger partial charge in [0.15, 0.2) is 0 Å². The topological polar surface area (TPSA) is 54.4 Å². The van der Waals surface area contributed by atoms with Crippen LogP contribution in [0.25, 0.3) is 0 Å². The molecule has 24 heavy (non-hydrogen) atoms. The molecule has 3 rings (SSSR count). The molecule has 0 aliphatic rings. The molecule has 0 spiro atoms. The Morgan fingerprint density at radius 3 is 2.33 bits per heavy atom. The van der Waals surface area contributed by atoms with Crippen LogP contribution in [0.2, 0.25) is 5.02 Å². The molecule has 118 valence electrons. The zero-order chi connectivity index (χ0) is 16.8. The number of halogens is 1. The number of nitrogens with one attached hydrogen (secondary N) is 1. The molecule has 0 aliphatic heterocycles. The third-order valence-electron chi connectivity index (χ3n) is 3.37. The lowest BCUT2D eigenvalue weighted by molar-refractivity contribution is 0.0955. The fourth-order valence-electron chi connectivity index (χ4n) is 2.21. The van der Waals surface area contributed by atoms with Crippen LogP contribution < -0.4 is 5.43 Å². The van der Waals surface area contributed by atoms with Crippen LogP contribution in [0.3, 0.4) is 0 Å². The number of benzene rings is 2. The van der Waals surface area contributed by atoms with E-state index in [1.807, 2.05) is 42.5 Å². The van der Waals surface area contributed by atoms with Gasteiger partial charge in [0.05, 0.1) is 16.3 Å². The molecule has 0 atom stereocenters. The van der Waals surface area contributed by atoms with E-state index in [0.29, 0.717) is 16.3 Å². The van der Waals surface area contributed by atoms with E-state index in [1.165, 1.54) is 0 Å². The van der Waals surface area contributed by atoms with Gasteiger partial charge in [0.1, 0.15) is 0 Å². The van der Waals surface area contributed by atoms with Crippen LogP contribution >= 0.6 is 11.6 Å². The molecule has 0 radical (unpaired) electrons. The fraction of sp³-hybridized carbons (Fsp3) is 0. The standard InChI is InChI=1S/C19H14ClN3O/c20-17-11-5-4-10-16(17)19(24)23-22-18(14-7-2-1-3-8-14)15-9-6-12-21-13-15/h1-13H,(H,23,24)/b22-18+. The number of carbonyl (C=O) groups excluding carboxylic acids is 1. The van der Waals surface area contributed by atoms with E-state index < -0.39 is 0 Å². The van der Waals surface area contributed by atoms with Gasteiger partial charge >= 0.3 is 0 Å². The smallest absolute Gasteiger partial charge is 0.267 e. The maximum atomic E-state index is 12.3. The molecule has 0 aliphatic carbocycles. The van der Waals surface area contributed by atoms with Crippen molar-refractivity contribution >= 4 is 23.2 Å². The number of hydrogen-bond donors (Lipinski definition) is 1. The molecule has 1 aromatic heterocycles. The van der Waals surface area contributed by atoms with Crippen molar-refractivity contribution in [3.63, 3.8) is 0 Å². The zero-order valence-corrected chi connectivity index (χ0v) is 13.4. The molecule has 1 N–H and O–H groups in total. The van der Waals surface area contributed by atoms with Gasteiger partial charge in [0.25, 0.3) is 5.91 Å². The van der Waals surface area contributed by atoms with Gasteiger partial charge < -0.3 is 0 Å². The van der Waals surface area contributed by atoms with Gasteiger partial charge in [-0.3, -0.25) is 9.78 Å². The monoisotopic (exact) mass is 335 g/mol. The lowest BCUT2D eigenvalue weighted by Gasteiger charge is -2.08. The van der Waals surface area contributed by atoms with E-state index in [0.717, 1.165) is 11.1 Å². The summed E-state index contributed by atoms with van der Waals surface area (Å²) in [7, 11) is 0. The molecule has 0 fully saturated rings. The van der Waals surface area contributed by atoms with Crippen molar-refractivity contribution in [3.8, 4) is 0 Å². The minimum atomic E-state index is -0.363. The van der Waals surface area contributed by atoms with Crippen LogP contribution in [-0.4, -0.2) is 16.6 Å². The predicted molar refractivity (Wildman–Crippen MR) is 95.2 cm³/mol. The molecule has 0 saturated heterocycles. The van der Waals surface area contributed by atoms with Crippen LogP contribution in [0.5, 0.6) is 0 Å². The highest BCUT2D eigenvalue weighted by molar-refractivity contribution is 6.33. The fourth-order valence-corrected chi connectivity index (χ4v) is 2.43. The van der Waals surface area contributed by atoms with Gasteiger partial charge in [0, 0.05) is 23.5 Å². The molecule has 0 unspecified atom stereocenters. The van der Waals surface area contributed by atoms with Crippen molar-refractivity contribution in [2.75, 3.05) is 0 Å². The highest BCUT2D eigenvalue weighted by Crippen LogP contribution is 2.15. The van der Waals surface area contributed by atoms with E-state index in [1.54, 1.807) is 36.7 Å². The number of amides is 1. The summed E-state index contributed by atoms with van der Waals surface area (Å²) in [6.45, 7) is 0. The second kappa shape index (κ2) is 7.53. The van der Waals surface area contributed by atoms with Crippen LogP contribution in [0.4, 0.5) is 0 Å². The first-order valence-corrected chi connectivity index (χ1v) is 7.72. The Kier molecular flexibility index (Phi) is 4.99. The molecule has 4 nitrogen and oxygen atoms in total. The number of hydrazone groups is 1. The van der Waals surface area contributed by atoms with Gasteiger partial charge in [-0.1, -0.05) is 54.1 Å². The Morgan fingerprint density at radius 1 is 0.917 bits per heavy atom. The predicted octanol–water partition coefficient (Wildman–Crippen LogP) is 3.92. The number of nitrogens with zero attached hydrogens (tertiary/aromatic N) is 2. The van der Waals surface area contributed by atoms with Gasteiger partial charge in [-0.25, -0.2) is 5.43 Å². The minimum absolute atomic E-state index is 0.363. The maximum Gasteiger partial charge on any atom is 0.272 e. The third-order valence-corrected chi connectivity index (χ3v) is 3.70. The van der Waals surface area contributed by atoms with Crippen molar-refractivity contribution in [1.29, 1.82) is 0 Å². The molecule has 3 aromatic rings. The quantitative estimate of drug-likeness (QED) is 0.580. The number of aromatic nitrogens is 1. The average molecular weight is 336 g/mol. The summed E-state index contributed by atoms with van der Waals surface area (Å²) in [6.07, 6.45) is 3.39. The molecule has 5 heteroatoms. The lowest BCUT2D eigenvalue weighted by atomic mass is 10.0. The van der Waals surface area contributed by atoms with Crippen molar-refractivity contribution in [1.82, 2.24) is 10.4 Å². The van der Waals surface area contributed by atoms with E-state index in [9.17, 15) is 4.79 Å². The number of rotatable bonds is 4. The third kappa shape index (κ3) is 3.67. The first-order valence-electron chi connectivity index (χ1n) is 7.34. The highest BCUT2D eigenvalue weighted by atomic mass is 35.5. The Bertz CT molecular complexity index is 823. The van der Waals surface area contributed by atoms with Gasteiger partial charge in [-0.15, -0.1) is 0 Å². The summed E-state index contributed by atoms with van der Waals surface area (Å²) in [5, 5.41) is 4.68. The zero-order valence-electron chi connectivity index (χ0n) is 12.7. The summed E-state index contributed by atoms with van der Waals surface area (Å²) in [4.78, 5) is 16.4. The van der Waals surface area contributed by atoms with E-state index in [4.69, 9.17) is 11.6 Å². The summed E-state index contributed by atoms with van der Waals surface area (Å²) < 4.78 is 0. The summed E-state index contributed by atoms with van der Waals surface area (Å²) >= 11 is 6.05. The molecular formula is C19H14ClN3O. The molecule has 1 amide bonds. The summed E-state index contributed by atoms with van der Waals surface area (Å²) in [6, 6.07) is 20.2. The van der Waals surface area contributed by atoms with Crippen LogP contribution in [0, 0.1) is 0 Å². The SMILES string of the molecule is O=C(N/N=C(\c1ccccc1)c1cccnc1)c1ccccc1Cl. The van der Waals surface area contributed by atoms with Crippen molar-refractivity contribution in [2.24, 2.45) is 5.10 Å². The lowest BCUT2D eigenvalue weighted by Crippen LogP contribution is -2.21. The highest BCUT2D eigenvalue weighted by Gasteiger charge is 2.11. The molecular weight excluding hydrogens is 322 g/mol. The second-order valence-corrected chi connectivity index (χ2v) is 5.40. The normalized spacial score (nSPS) is 11.1. The molecule has 0 bridgehead atoms. The van der Waals surface area contributed by atoms with Gasteiger partial charge in [0.2, 0.25) is 0 Å². The van der Waals surface area contributed by atoms with E-state index >= 15 is 0 Å². The van der Waals surface area contributed by atoms with Crippen molar-refractivity contribution < 1.29 is 4.79 Å². The minimum Gasteiger partial charge on any atom is -0.267 e. The van der Waals surface area contributed by atoms with Gasteiger partial charge in [-0.2, -0.15) is 5.10 Å². The average Bonchev–Trinajstić information content (AvgIpc) is 2.64. The van der Waals surface area contributed by atoms with E-state index in [-0.39, 0.29) is 5.91 Å². The first kappa shape index (κ1) is 15.9. The van der Waals surface area contributed by atoms with Crippen LogP contribution in [-0.2, 0) is 0 Å². The van der Waals surface area contributed by atoms with Crippen LogP contribution in [0.15, 0.2) is 84.2 Å². The summed E-state index contributed by atoms with van der Waals surface area (Å²) in [5.41, 5.74) is 5.27. The Morgan fingerprint density at radius 2 is 1.62 bits per heavy atom. The number of hydrogen-bond acceptors (Lipinski definition) is 3. The maximum absolute atomic E-state index is 12.3. The molecule has 1 heterocycles. The van der Waals surface area contributed by atoms with E-state index in [2.05, 4.69) is 15.5 Å².